The quantitative estimate of drug-likeness (QED) is 0.514. The first kappa shape index (κ1) is 11.5. The minimum absolute atomic E-state index is 0.375. The largest absolute Gasteiger partial charge is 0.388 e. The molecule has 0 radical (unpaired) electrons. The Hall–Kier alpha value is -0.530. The van der Waals surface area contributed by atoms with Crippen LogP contribution in [0.4, 0.5) is 0 Å². The molecule has 0 heterocycles. The highest BCUT2D eigenvalue weighted by Gasteiger charge is 2.05. The lowest BCUT2D eigenvalue weighted by Crippen LogP contribution is -1.96. The van der Waals surface area contributed by atoms with Crippen LogP contribution in [-0.4, -0.2) is 5.11 Å². The molecule has 0 bridgehead atoms. The van der Waals surface area contributed by atoms with Gasteiger partial charge in [0.2, 0.25) is 0 Å². The minimum atomic E-state index is -0.375. The van der Waals surface area contributed by atoms with Crippen LogP contribution in [0.25, 0.3) is 0 Å². The lowest BCUT2D eigenvalue weighted by molar-refractivity contribution is 0.165. The van der Waals surface area contributed by atoms with E-state index in [4.69, 9.17) is 6.42 Å². The van der Waals surface area contributed by atoms with E-state index in [-0.39, 0.29) is 6.10 Å². The summed E-state index contributed by atoms with van der Waals surface area (Å²) in [6, 6.07) is 7.92. The van der Waals surface area contributed by atoms with Crippen molar-refractivity contribution in [2.75, 3.05) is 0 Å². The molecule has 0 aromatic heterocycles. The van der Waals surface area contributed by atoms with Crippen LogP contribution in [0.5, 0.6) is 0 Å². The average Bonchev–Trinajstić information content (AvgIpc) is 2.19. The molecule has 14 heavy (non-hydrogen) atoms. The Morgan fingerprint density at radius 3 is 2.57 bits per heavy atom. The Morgan fingerprint density at radius 2 is 2.00 bits per heavy atom. The van der Waals surface area contributed by atoms with Gasteiger partial charge in [0, 0.05) is 9.99 Å². The number of benzene rings is 1. The molecule has 0 saturated carbocycles. The summed E-state index contributed by atoms with van der Waals surface area (Å²) in [5, 5.41) is 9.77. The van der Waals surface area contributed by atoms with E-state index >= 15 is 0 Å². The molecule has 0 amide bonds. The zero-order valence-electron chi connectivity index (χ0n) is 7.91. The third-order valence-corrected chi connectivity index (χ3v) is 2.77. The number of halogens is 1. The molecular weight excluding hydrogens is 287 g/mol. The maximum atomic E-state index is 9.77. The molecule has 0 aliphatic heterocycles. The SMILES string of the molecule is C#CCCCC(O)c1ccc(I)cc1. The van der Waals surface area contributed by atoms with Gasteiger partial charge in [-0.25, -0.2) is 0 Å². The fraction of sp³-hybridized carbons (Fsp3) is 0.333. The van der Waals surface area contributed by atoms with Crippen molar-refractivity contribution >= 4 is 22.6 Å². The molecular formula is C12H13IO. The van der Waals surface area contributed by atoms with E-state index in [2.05, 4.69) is 28.5 Å². The van der Waals surface area contributed by atoms with Crippen LogP contribution in [0.3, 0.4) is 0 Å². The monoisotopic (exact) mass is 300 g/mol. The molecule has 0 spiro atoms. The summed E-state index contributed by atoms with van der Waals surface area (Å²) >= 11 is 2.25. The van der Waals surface area contributed by atoms with Crippen LogP contribution in [0, 0.1) is 15.9 Å². The van der Waals surface area contributed by atoms with Crippen molar-refractivity contribution in [2.45, 2.75) is 25.4 Å². The topological polar surface area (TPSA) is 20.2 Å². The van der Waals surface area contributed by atoms with Gasteiger partial charge in [-0.2, -0.15) is 0 Å². The summed E-state index contributed by atoms with van der Waals surface area (Å²) in [6.07, 6.45) is 7.12. The van der Waals surface area contributed by atoms with Crippen molar-refractivity contribution in [2.24, 2.45) is 0 Å². The minimum Gasteiger partial charge on any atom is -0.388 e. The average molecular weight is 300 g/mol. The lowest BCUT2D eigenvalue weighted by Gasteiger charge is -2.09. The van der Waals surface area contributed by atoms with Crippen molar-refractivity contribution in [1.29, 1.82) is 0 Å². The Kier molecular flexibility index (Phi) is 4.99. The normalized spacial score (nSPS) is 12.1. The molecule has 1 aromatic carbocycles. The predicted molar refractivity (Wildman–Crippen MR) is 66.8 cm³/mol. The van der Waals surface area contributed by atoms with Crippen molar-refractivity contribution in [3.8, 4) is 12.3 Å². The van der Waals surface area contributed by atoms with Gasteiger partial charge in [-0.3, -0.25) is 0 Å². The fourth-order valence-electron chi connectivity index (χ4n) is 1.25. The van der Waals surface area contributed by atoms with E-state index in [9.17, 15) is 5.11 Å². The summed E-state index contributed by atoms with van der Waals surface area (Å²) < 4.78 is 1.18. The smallest absolute Gasteiger partial charge is 0.0790 e. The molecule has 1 rings (SSSR count). The van der Waals surface area contributed by atoms with Crippen molar-refractivity contribution in [1.82, 2.24) is 0 Å². The molecule has 2 heteroatoms. The van der Waals surface area contributed by atoms with Crippen LogP contribution in [-0.2, 0) is 0 Å². The first-order valence-corrected chi connectivity index (χ1v) is 5.69. The first-order chi connectivity index (χ1) is 6.74. The number of hydrogen-bond acceptors (Lipinski definition) is 1. The molecule has 74 valence electrons. The van der Waals surface area contributed by atoms with Gasteiger partial charge in [0.05, 0.1) is 6.10 Å². The van der Waals surface area contributed by atoms with E-state index in [1.54, 1.807) is 0 Å². The number of rotatable bonds is 4. The number of terminal acetylenes is 1. The van der Waals surface area contributed by atoms with Gasteiger partial charge in [-0.1, -0.05) is 12.1 Å². The lowest BCUT2D eigenvalue weighted by atomic mass is 10.0. The highest BCUT2D eigenvalue weighted by molar-refractivity contribution is 14.1. The van der Waals surface area contributed by atoms with E-state index < -0.39 is 0 Å². The highest BCUT2D eigenvalue weighted by atomic mass is 127. The second-order valence-electron chi connectivity index (χ2n) is 3.16. The maximum Gasteiger partial charge on any atom is 0.0790 e. The van der Waals surface area contributed by atoms with Gasteiger partial charge >= 0.3 is 0 Å². The van der Waals surface area contributed by atoms with Crippen LogP contribution >= 0.6 is 22.6 Å². The Morgan fingerprint density at radius 1 is 1.36 bits per heavy atom. The molecule has 0 aliphatic carbocycles. The van der Waals surface area contributed by atoms with Crippen LogP contribution < -0.4 is 0 Å². The number of unbranched alkanes of at least 4 members (excludes halogenated alkanes) is 1. The zero-order valence-corrected chi connectivity index (χ0v) is 10.1. The molecule has 0 aliphatic rings. The fourth-order valence-corrected chi connectivity index (χ4v) is 1.61. The predicted octanol–water partition coefficient (Wildman–Crippen LogP) is 3.13. The molecule has 1 aromatic rings. The van der Waals surface area contributed by atoms with Gasteiger partial charge in [0.1, 0.15) is 0 Å². The molecule has 0 fully saturated rings. The third kappa shape index (κ3) is 3.69. The van der Waals surface area contributed by atoms with Gasteiger partial charge in [-0.15, -0.1) is 12.3 Å². The van der Waals surface area contributed by atoms with Crippen LogP contribution in [0.2, 0.25) is 0 Å². The Bertz CT molecular complexity index is 310. The van der Waals surface area contributed by atoms with Gasteiger partial charge < -0.3 is 5.11 Å². The van der Waals surface area contributed by atoms with E-state index in [0.717, 1.165) is 24.8 Å². The Labute approximate surface area is 98.7 Å². The highest BCUT2D eigenvalue weighted by Crippen LogP contribution is 2.19. The van der Waals surface area contributed by atoms with Crippen molar-refractivity contribution in [3.05, 3.63) is 33.4 Å². The zero-order chi connectivity index (χ0) is 10.4. The maximum absolute atomic E-state index is 9.77. The number of hydrogen-bond donors (Lipinski definition) is 1. The summed E-state index contributed by atoms with van der Waals surface area (Å²) in [4.78, 5) is 0. The first-order valence-electron chi connectivity index (χ1n) is 4.61. The third-order valence-electron chi connectivity index (χ3n) is 2.05. The summed E-state index contributed by atoms with van der Waals surface area (Å²) in [6.45, 7) is 0. The molecule has 1 N–H and O–H groups in total. The van der Waals surface area contributed by atoms with Crippen LogP contribution in [0.15, 0.2) is 24.3 Å². The second kappa shape index (κ2) is 6.05. The summed E-state index contributed by atoms with van der Waals surface area (Å²) in [5.41, 5.74) is 0.974. The van der Waals surface area contributed by atoms with E-state index in [0.29, 0.717) is 0 Å². The van der Waals surface area contributed by atoms with Gasteiger partial charge in [0.15, 0.2) is 0 Å². The van der Waals surface area contributed by atoms with Crippen molar-refractivity contribution < 1.29 is 5.11 Å². The van der Waals surface area contributed by atoms with Gasteiger partial charge in [0.25, 0.3) is 0 Å². The Balaban J connectivity index is 2.48. The second-order valence-corrected chi connectivity index (χ2v) is 4.41. The standard InChI is InChI=1S/C12H13IO/c1-2-3-4-5-12(14)10-6-8-11(13)9-7-10/h1,6-9,12,14H,3-5H2. The number of aliphatic hydroxyl groups is 1. The van der Waals surface area contributed by atoms with E-state index in [1.807, 2.05) is 24.3 Å². The van der Waals surface area contributed by atoms with Crippen LogP contribution in [0.1, 0.15) is 30.9 Å². The molecule has 1 nitrogen and oxygen atoms in total. The number of aliphatic hydroxyl groups excluding tert-OH is 1. The van der Waals surface area contributed by atoms with Gasteiger partial charge in [-0.05, 0) is 53.1 Å². The molecule has 1 unspecified atom stereocenters. The molecule has 0 saturated heterocycles. The van der Waals surface area contributed by atoms with Crippen molar-refractivity contribution in [3.63, 3.8) is 0 Å². The molecule has 1 atom stereocenters. The van der Waals surface area contributed by atoms with E-state index in [1.165, 1.54) is 3.57 Å². The summed E-state index contributed by atoms with van der Waals surface area (Å²) in [5.74, 6) is 2.57. The summed E-state index contributed by atoms with van der Waals surface area (Å²) in [7, 11) is 0.